The van der Waals surface area contributed by atoms with Crippen LogP contribution in [0.1, 0.15) is 18.4 Å². The lowest BCUT2D eigenvalue weighted by molar-refractivity contribution is -0.274. The molecule has 0 radical (unpaired) electrons. The zero-order chi connectivity index (χ0) is 16.3. The molecule has 2 rings (SSSR count). The molecule has 1 aliphatic rings. The van der Waals surface area contributed by atoms with Gasteiger partial charge in [-0.2, -0.15) is 0 Å². The third-order valence-electron chi connectivity index (χ3n) is 3.37. The summed E-state index contributed by atoms with van der Waals surface area (Å²) in [5.41, 5.74) is 0.496. The third-order valence-corrected chi connectivity index (χ3v) is 3.37. The number of likely N-dealkylation sites (tertiary alicyclic amines) is 1. The highest BCUT2D eigenvalue weighted by Gasteiger charge is 2.34. The lowest BCUT2D eigenvalue weighted by Crippen LogP contribution is -2.41. The van der Waals surface area contributed by atoms with Crippen molar-refractivity contribution in [2.45, 2.75) is 31.7 Å². The average Bonchev–Trinajstić information content (AvgIpc) is 2.89. The van der Waals surface area contributed by atoms with Gasteiger partial charge < -0.3 is 14.7 Å². The fraction of sp³-hybridized carbons (Fsp3) is 0.429. The largest absolute Gasteiger partial charge is 0.573 e. The van der Waals surface area contributed by atoms with Crippen molar-refractivity contribution in [2.24, 2.45) is 0 Å². The van der Waals surface area contributed by atoms with Gasteiger partial charge in [-0.1, -0.05) is 12.1 Å². The minimum atomic E-state index is -4.76. The van der Waals surface area contributed by atoms with Crippen molar-refractivity contribution in [1.29, 1.82) is 0 Å². The highest BCUT2D eigenvalue weighted by molar-refractivity contribution is 5.85. The molecule has 1 fully saturated rings. The number of alkyl halides is 3. The second-order valence-corrected chi connectivity index (χ2v) is 4.95. The minimum absolute atomic E-state index is 0.0594. The molecule has 1 heterocycles. The first-order valence-corrected chi connectivity index (χ1v) is 6.63. The molecule has 0 spiro atoms. The van der Waals surface area contributed by atoms with E-state index in [1.807, 2.05) is 0 Å². The van der Waals surface area contributed by atoms with Gasteiger partial charge in [0.25, 0.3) is 0 Å². The van der Waals surface area contributed by atoms with Gasteiger partial charge in [-0.25, -0.2) is 4.79 Å². The zero-order valence-corrected chi connectivity index (χ0v) is 11.5. The SMILES string of the molecule is O=C(O)[C@H]1CCCN1C(=O)Cc1ccc(OC(F)(F)F)cc1. The van der Waals surface area contributed by atoms with Crippen molar-refractivity contribution < 1.29 is 32.6 Å². The molecule has 22 heavy (non-hydrogen) atoms. The molecule has 1 aromatic rings. The van der Waals surface area contributed by atoms with Crippen LogP contribution in [0.2, 0.25) is 0 Å². The molecule has 1 aliphatic heterocycles. The standard InChI is InChI=1S/C14H14F3NO4/c15-14(16,17)22-10-5-3-9(4-6-10)8-12(19)18-7-1-2-11(18)13(20)21/h3-6,11H,1-2,7-8H2,(H,20,21)/t11-/m1/s1. The fourth-order valence-electron chi connectivity index (χ4n) is 2.41. The predicted octanol–water partition coefficient (Wildman–Crippen LogP) is 2.20. The number of amides is 1. The Labute approximate surface area is 124 Å². The molecular weight excluding hydrogens is 303 g/mol. The summed E-state index contributed by atoms with van der Waals surface area (Å²) in [7, 11) is 0. The van der Waals surface area contributed by atoms with Crippen LogP contribution in [0.25, 0.3) is 0 Å². The van der Waals surface area contributed by atoms with Gasteiger partial charge in [0, 0.05) is 6.54 Å². The molecular formula is C14H14F3NO4. The molecule has 1 atom stereocenters. The van der Waals surface area contributed by atoms with Crippen molar-refractivity contribution in [1.82, 2.24) is 4.90 Å². The van der Waals surface area contributed by atoms with Crippen LogP contribution < -0.4 is 4.74 Å². The topological polar surface area (TPSA) is 66.8 Å². The van der Waals surface area contributed by atoms with E-state index in [0.717, 1.165) is 12.1 Å². The number of carboxylic acids is 1. The van der Waals surface area contributed by atoms with Gasteiger partial charge in [-0.3, -0.25) is 4.79 Å². The summed E-state index contributed by atoms with van der Waals surface area (Å²) in [5, 5.41) is 9.03. The van der Waals surface area contributed by atoms with E-state index in [9.17, 15) is 22.8 Å². The number of benzene rings is 1. The lowest BCUT2D eigenvalue weighted by atomic mass is 10.1. The molecule has 1 aromatic carbocycles. The maximum Gasteiger partial charge on any atom is 0.573 e. The van der Waals surface area contributed by atoms with Gasteiger partial charge in [0.05, 0.1) is 6.42 Å². The summed E-state index contributed by atoms with van der Waals surface area (Å²) in [5.74, 6) is -1.76. The number of nitrogens with zero attached hydrogens (tertiary/aromatic N) is 1. The van der Waals surface area contributed by atoms with E-state index in [1.165, 1.54) is 17.0 Å². The summed E-state index contributed by atoms with van der Waals surface area (Å²) in [6, 6.07) is 4.12. The van der Waals surface area contributed by atoms with E-state index in [0.29, 0.717) is 24.9 Å². The predicted molar refractivity (Wildman–Crippen MR) is 69.2 cm³/mol. The Morgan fingerprint density at radius 2 is 1.91 bits per heavy atom. The molecule has 1 N–H and O–H groups in total. The number of hydrogen-bond donors (Lipinski definition) is 1. The van der Waals surface area contributed by atoms with Crippen LogP contribution in [0, 0.1) is 0 Å². The smallest absolute Gasteiger partial charge is 0.480 e. The van der Waals surface area contributed by atoms with E-state index in [-0.39, 0.29) is 18.1 Å². The molecule has 0 bridgehead atoms. The van der Waals surface area contributed by atoms with Crippen LogP contribution in [-0.2, 0) is 16.0 Å². The van der Waals surface area contributed by atoms with Gasteiger partial charge in [-0.05, 0) is 30.5 Å². The Morgan fingerprint density at radius 3 is 2.45 bits per heavy atom. The van der Waals surface area contributed by atoms with E-state index in [4.69, 9.17) is 5.11 Å². The lowest BCUT2D eigenvalue weighted by Gasteiger charge is -2.21. The quantitative estimate of drug-likeness (QED) is 0.924. The van der Waals surface area contributed by atoms with Crippen LogP contribution in [0.15, 0.2) is 24.3 Å². The normalized spacial score (nSPS) is 18.3. The number of aliphatic carboxylic acids is 1. The summed E-state index contributed by atoms with van der Waals surface area (Å²) in [6.07, 6.45) is -3.78. The molecule has 5 nitrogen and oxygen atoms in total. The van der Waals surface area contributed by atoms with Gasteiger partial charge in [0.1, 0.15) is 11.8 Å². The maximum atomic E-state index is 12.1. The fourth-order valence-corrected chi connectivity index (χ4v) is 2.41. The average molecular weight is 317 g/mol. The van der Waals surface area contributed by atoms with Gasteiger partial charge in [0.2, 0.25) is 5.91 Å². The minimum Gasteiger partial charge on any atom is -0.480 e. The molecule has 0 aliphatic carbocycles. The highest BCUT2D eigenvalue weighted by Crippen LogP contribution is 2.23. The molecule has 0 aromatic heterocycles. The van der Waals surface area contributed by atoms with Crippen molar-refractivity contribution >= 4 is 11.9 Å². The van der Waals surface area contributed by atoms with Crippen molar-refractivity contribution in [3.05, 3.63) is 29.8 Å². The van der Waals surface area contributed by atoms with Crippen molar-refractivity contribution in [3.8, 4) is 5.75 Å². The molecule has 1 saturated heterocycles. The van der Waals surface area contributed by atoms with Crippen LogP contribution >= 0.6 is 0 Å². The Kier molecular flexibility index (Phi) is 4.58. The second kappa shape index (κ2) is 6.25. The molecule has 8 heteroatoms. The van der Waals surface area contributed by atoms with Gasteiger partial charge >= 0.3 is 12.3 Å². The Balaban J connectivity index is 1.98. The number of carbonyl (C=O) groups is 2. The Hall–Kier alpha value is -2.25. The van der Waals surface area contributed by atoms with Gasteiger partial charge in [0.15, 0.2) is 0 Å². The van der Waals surface area contributed by atoms with Crippen molar-refractivity contribution in [3.63, 3.8) is 0 Å². The van der Waals surface area contributed by atoms with E-state index in [1.54, 1.807) is 0 Å². The maximum absolute atomic E-state index is 12.1. The zero-order valence-electron chi connectivity index (χ0n) is 11.5. The number of halogens is 3. The summed E-state index contributed by atoms with van der Waals surface area (Å²) < 4.78 is 39.8. The molecule has 0 saturated carbocycles. The van der Waals surface area contributed by atoms with E-state index in [2.05, 4.69) is 4.74 Å². The van der Waals surface area contributed by atoms with E-state index < -0.39 is 18.4 Å². The third kappa shape index (κ3) is 4.12. The number of hydrogen-bond acceptors (Lipinski definition) is 3. The number of rotatable bonds is 4. The Bertz CT molecular complexity index is 556. The molecule has 0 unspecified atom stereocenters. The number of carboxylic acid groups (broad SMARTS) is 1. The monoisotopic (exact) mass is 317 g/mol. The number of carbonyl (C=O) groups excluding carboxylic acids is 1. The summed E-state index contributed by atoms with van der Waals surface area (Å²) >= 11 is 0. The van der Waals surface area contributed by atoms with Crippen LogP contribution in [0.4, 0.5) is 13.2 Å². The Morgan fingerprint density at radius 1 is 1.27 bits per heavy atom. The van der Waals surface area contributed by atoms with Crippen LogP contribution in [0.3, 0.4) is 0 Å². The summed E-state index contributed by atoms with van der Waals surface area (Å²) in [4.78, 5) is 24.4. The van der Waals surface area contributed by atoms with Crippen LogP contribution in [-0.4, -0.2) is 40.8 Å². The van der Waals surface area contributed by atoms with Gasteiger partial charge in [-0.15, -0.1) is 13.2 Å². The van der Waals surface area contributed by atoms with Crippen molar-refractivity contribution in [2.75, 3.05) is 6.54 Å². The van der Waals surface area contributed by atoms with Crippen LogP contribution in [0.5, 0.6) is 5.75 Å². The first-order chi connectivity index (χ1) is 10.3. The highest BCUT2D eigenvalue weighted by atomic mass is 19.4. The second-order valence-electron chi connectivity index (χ2n) is 4.95. The van der Waals surface area contributed by atoms with E-state index >= 15 is 0 Å². The summed E-state index contributed by atoms with van der Waals surface area (Å²) in [6.45, 7) is 0.380. The first-order valence-electron chi connectivity index (χ1n) is 6.63. The molecule has 120 valence electrons. The number of ether oxygens (including phenoxy) is 1. The molecule has 1 amide bonds. The first kappa shape index (κ1) is 16.1.